The molecule has 0 radical (unpaired) electrons. The van der Waals surface area contributed by atoms with Crippen LogP contribution in [0.5, 0.6) is 0 Å². The number of esters is 1. The van der Waals surface area contributed by atoms with Gasteiger partial charge < -0.3 is 9.30 Å². The van der Waals surface area contributed by atoms with Crippen LogP contribution in [0.3, 0.4) is 0 Å². The van der Waals surface area contributed by atoms with Crippen LogP contribution in [0, 0.1) is 0 Å². The molecule has 4 nitrogen and oxygen atoms in total. The molecule has 1 saturated carbocycles. The van der Waals surface area contributed by atoms with Crippen molar-refractivity contribution in [1.29, 1.82) is 0 Å². The molecule has 0 aliphatic heterocycles. The number of aryl methyl sites for hydroxylation is 1. The minimum absolute atomic E-state index is 0.145. The first-order valence-corrected chi connectivity index (χ1v) is 8.30. The van der Waals surface area contributed by atoms with Gasteiger partial charge in [-0.3, -0.25) is 4.79 Å². The van der Waals surface area contributed by atoms with Crippen LogP contribution in [0.25, 0.3) is 11.0 Å². The van der Waals surface area contributed by atoms with E-state index in [1.165, 1.54) is 0 Å². The molecule has 1 unspecified atom stereocenters. The SMILES string of the molecule is CC(OC(=O)C1(c2ccccc2)CC1)c1nc2ccccc2n1C. The fourth-order valence-electron chi connectivity index (χ4n) is 3.35. The van der Waals surface area contributed by atoms with E-state index in [-0.39, 0.29) is 12.1 Å². The van der Waals surface area contributed by atoms with E-state index >= 15 is 0 Å². The Bertz CT molecular complexity index is 894. The number of nitrogens with zero attached hydrogens (tertiary/aromatic N) is 2. The number of benzene rings is 2. The van der Waals surface area contributed by atoms with E-state index in [2.05, 4.69) is 4.98 Å². The molecule has 1 aliphatic carbocycles. The maximum absolute atomic E-state index is 12.8. The van der Waals surface area contributed by atoms with Crippen molar-refractivity contribution in [1.82, 2.24) is 9.55 Å². The van der Waals surface area contributed by atoms with Gasteiger partial charge in [0.05, 0.1) is 16.4 Å². The minimum atomic E-state index is -0.458. The molecule has 1 heterocycles. The Hall–Kier alpha value is -2.62. The van der Waals surface area contributed by atoms with Crippen LogP contribution in [-0.4, -0.2) is 15.5 Å². The number of carbonyl (C=O) groups is 1. The zero-order chi connectivity index (χ0) is 16.7. The molecular formula is C20H20N2O2. The van der Waals surface area contributed by atoms with Crippen LogP contribution in [0.15, 0.2) is 54.6 Å². The normalized spacial score (nSPS) is 16.8. The van der Waals surface area contributed by atoms with E-state index in [4.69, 9.17) is 4.74 Å². The van der Waals surface area contributed by atoms with Crippen LogP contribution >= 0.6 is 0 Å². The summed E-state index contributed by atoms with van der Waals surface area (Å²) in [5.41, 5.74) is 2.55. The molecule has 0 spiro atoms. The average Bonchev–Trinajstić information content (AvgIpc) is 3.36. The van der Waals surface area contributed by atoms with Gasteiger partial charge in [0.2, 0.25) is 0 Å². The van der Waals surface area contributed by atoms with E-state index < -0.39 is 5.41 Å². The largest absolute Gasteiger partial charge is 0.454 e. The highest BCUT2D eigenvalue weighted by Crippen LogP contribution is 2.49. The van der Waals surface area contributed by atoms with E-state index in [1.807, 2.05) is 73.1 Å². The standard InChI is InChI=1S/C20H20N2O2/c1-14(18-21-16-10-6-7-11-17(16)22(18)2)24-19(23)20(12-13-20)15-8-4-3-5-9-15/h3-11,14H,12-13H2,1-2H3. The quantitative estimate of drug-likeness (QED) is 0.685. The molecule has 1 fully saturated rings. The summed E-state index contributed by atoms with van der Waals surface area (Å²) in [4.78, 5) is 17.4. The van der Waals surface area contributed by atoms with Crippen LogP contribution in [0.4, 0.5) is 0 Å². The summed E-state index contributed by atoms with van der Waals surface area (Å²) in [5, 5.41) is 0. The molecule has 122 valence electrons. The topological polar surface area (TPSA) is 44.1 Å². The van der Waals surface area contributed by atoms with Crippen molar-refractivity contribution in [3.8, 4) is 0 Å². The molecule has 0 saturated heterocycles. The van der Waals surface area contributed by atoms with Crippen molar-refractivity contribution in [3.05, 3.63) is 66.0 Å². The lowest BCUT2D eigenvalue weighted by atomic mass is 9.96. The molecule has 2 aromatic carbocycles. The van der Waals surface area contributed by atoms with Gasteiger partial charge in [-0.05, 0) is 37.5 Å². The number of fused-ring (bicyclic) bond motifs is 1. The summed E-state index contributed by atoms with van der Waals surface area (Å²) in [7, 11) is 1.96. The first-order chi connectivity index (χ1) is 11.6. The summed E-state index contributed by atoms with van der Waals surface area (Å²) in [6, 6.07) is 17.9. The average molecular weight is 320 g/mol. The van der Waals surface area contributed by atoms with Crippen LogP contribution in [-0.2, 0) is 22.0 Å². The van der Waals surface area contributed by atoms with Gasteiger partial charge in [-0.25, -0.2) is 4.98 Å². The van der Waals surface area contributed by atoms with Crippen molar-refractivity contribution in [2.24, 2.45) is 7.05 Å². The summed E-state index contributed by atoms with van der Waals surface area (Å²) in [6.07, 6.45) is 1.33. The molecule has 4 heteroatoms. The van der Waals surface area contributed by atoms with E-state index in [0.29, 0.717) is 0 Å². The molecule has 3 aromatic rings. The first kappa shape index (κ1) is 14.9. The van der Waals surface area contributed by atoms with Crippen molar-refractivity contribution >= 4 is 17.0 Å². The van der Waals surface area contributed by atoms with Gasteiger partial charge in [0.15, 0.2) is 11.9 Å². The van der Waals surface area contributed by atoms with Crippen molar-refractivity contribution < 1.29 is 9.53 Å². The molecule has 0 bridgehead atoms. The van der Waals surface area contributed by atoms with Crippen LogP contribution in [0.2, 0.25) is 0 Å². The molecule has 24 heavy (non-hydrogen) atoms. The predicted octanol–water partition coefficient (Wildman–Crippen LogP) is 3.91. The monoisotopic (exact) mass is 320 g/mol. The number of imidazole rings is 1. The fourth-order valence-corrected chi connectivity index (χ4v) is 3.35. The number of aromatic nitrogens is 2. The lowest BCUT2D eigenvalue weighted by Gasteiger charge is -2.19. The molecule has 1 aliphatic rings. The zero-order valence-corrected chi connectivity index (χ0v) is 13.9. The third-order valence-corrected chi connectivity index (χ3v) is 4.94. The van der Waals surface area contributed by atoms with Crippen molar-refractivity contribution in [3.63, 3.8) is 0 Å². The summed E-state index contributed by atoms with van der Waals surface area (Å²) in [6.45, 7) is 1.89. The second kappa shape index (κ2) is 5.48. The number of ether oxygens (including phenoxy) is 1. The van der Waals surface area contributed by atoms with Gasteiger partial charge in [-0.15, -0.1) is 0 Å². The van der Waals surface area contributed by atoms with Crippen molar-refractivity contribution in [2.75, 3.05) is 0 Å². The van der Waals surface area contributed by atoms with Crippen LogP contribution in [0.1, 0.15) is 37.3 Å². The summed E-state index contributed by atoms with van der Waals surface area (Å²) < 4.78 is 7.80. The predicted molar refractivity (Wildman–Crippen MR) is 92.6 cm³/mol. The maximum atomic E-state index is 12.8. The Morgan fingerprint density at radius 1 is 1.12 bits per heavy atom. The summed E-state index contributed by atoms with van der Waals surface area (Å²) >= 11 is 0. The highest BCUT2D eigenvalue weighted by Gasteiger charge is 2.53. The number of rotatable bonds is 4. The second-order valence-electron chi connectivity index (χ2n) is 6.51. The second-order valence-corrected chi connectivity index (χ2v) is 6.51. The van der Waals surface area contributed by atoms with Gasteiger partial charge in [0.1, 0.15) is 0 Å². The van der Waals surface area contributed by atoms with E-state index in [1.54, 1.807) is 0 Å². The van der Waals surface area contributed by atoms with Gasteiger partial charge in [0, 0.05) is 7.05 Å². The minimum Gasteiger partial charge on any atom is -0.454 e. The smallest absolute Gasteiger partial charge is 0.317 e. The Labute approximate surface area is 141 Å². The third-order valence-electron chi connectivity index (χ3n) is 4.94. The Morgan fingerprint density at radius 3 is 2.46 bits per heavy atom. The van der Waals surface area contributed by atoms with Gasteiger partial charge in [-0.2, -0.15) is 0 Å². The first-order valence-electron chi connectivity index (χ1n) is 8.30. The van der Waals surface area contributed by atoms with E-state index in [0.717, 1.165) is 35.3 Å². The van der Waals surface area contributed by atoms with E-state index in [9.17, 15) is 4.79 Å². The van der Waals surface area contributed by atoms with Crippen LogP contribution < -0.4 is 0 Å². The fraction of sp³-hybridized carbons (Fsp3) is 0.300. The number of hydrogen-bond donors (Lipinski definition) is 0. The summed E-state index contributed by atoms with van der Waals surface area (Å²) in [5.74, 6) is 0.627. The highest BCUT2D eigenvalue weighted by molar-refractivity contribution is 5.86. The third kappa shape index (κ3) is 2.30. The van der Waals surface area contributed by atoms with Gasteiger partial charge in [-0.1, -0.05) is 42.5 Å². The Balaban J connectivity index is 1.58. The molecule has 1 atom stereocenters. The number of carbonyl (C=O) groups excluding carboxylic acids is 1. The number of para-hydroxylation sites is 2. The Kier molecular flexibility index (Phi) is 3.41. The van der Waals surface area contributed by atoms with Gasteiger partial charge >= 0.3 is 5.97 Å². The molecule has 4 rings (SSSR count). The molecule has 0 amide bonds. The number of hydrogen-bond acceptors (Lipinski definition) is 3. The molecule has 0 N–H and O–H groups in total. The lowest BCUT2D eigenvalue weighted by Crippen LogP contribution is -2.25. The zero-order valence-electron chi connectivity index (χ0n) is 13.9. The maximum Gasteiger partial charge on any atom is 0.317 e. The molecular weight excluding hydrogens is 300 g/mol. The highest BCUT2D eigenvalue weighted by atomic mass is 16.5. The van der Waals surface area contributed by atoms with Crippen molar-refractivity contribution in [2.45, 2.75) is 31.3 Å². The lowest BCUT2D eigenvalue weighted by molar-refractivity contribution is -0.152. The van der Waals surface area contributed by atoms with Gasteiger partial charge in [0.25, 0.3) is 0 Å². The Morgan fingerprint density at radius 2 is 1.79 bits per heavy atom. The molecule has 1 aromatic heterocycles.